The fourth-order valence-electron chi connectivity index (χ4n) is 0. The van der Waals surface area contributed by atoms with Gasteiger partial charge >= 0.3 is 51.2 Å². The van der Waals surface area contributed by atoms with E-state index in [1.54, 1.807) is 0 Å². The van der Waals surface area contributed by atoms with E-state index in [-0.39, 0.29) is 84.8 Å². The van der Waals surface area contributed by atoms with Gasteiger partial charge in [-0.25, -0.2) is 0 Å². The molecule has 0 aromatic rings. The second-order valence-electron chi connectivity index (χ2n) is 0. The molecular formula is H4CuNiPbSn. The van der Waals surface area contributed by atoms with Crippen LogP contribution in [0.2, 0.25) is 0 Å². The van der Waals surface area contributed by atoms with E-state index < -0.39 is 0 Å². The second-order valence-corrected chi connectivity index (χ2v) is 0. The molecule has 0 rings (SSSR count). The van der Waals surface area contributed by atoms with Crippen LogP contribution in [0.5, 0.6) is 0 Å². The van der Waals surface area contributed by atoms with Crippen LogP contribution in [0.1, 0.15) is 0 Å². The summed E-state index contributed by atoms with van der Waals surface area (Å²) in [4.78, 5) is 0. The zero-order valence-corrected chi connectivity index (χ0v) is 13.5. The normalized spacial score (nSPS) is 0. The summed E-state index contributed by atoms with van der Waals surface area (Å²) in [6, 6.07) is 0. The van der Waals surface area contributed by atoms with Gasteiger partial charge < -0.3 is 0 Å². The standard InChI is InChI=1S/Cu.Ni.Pb.Sn.4H. The van der Waals surface area contributed by atoms with Crippen molar-refractivity contribution >= 4 is 51.2 Å². The molecule has 0 heterocycles. The molecule has 0 unspecified atom stereocenters. The summed E-state index contributed by atoms with van der Waals surface area (Å²) in [6.45, 7) is 0. The molecule has 0 aromatic heterocycles. The predicted octanol–water partition coefficient (Wildman–Crippen LogP) is -1.84. The summed E-state index contributed by atoms with van der Waals surface area (Å²) >= 11 is 0. The van der Waals surface area contributed by atoms with Gasteiger partial charge in [0.1, 0.15) is 0 Å². The Hall–Kier alpha value is 2.73. The van der Waals surface area contributed by atoms with Crippen LogP contribution in [0, 0.1) is 0 Å². The van der Waals surface area contributed by atoms with Crippen molar-refractivity contribution in [1.82, 2.24) is 0 Å². The third-order valence-corrected chi connectivity index (χ3v) is 0. The first-order valence-corrected chi connectivity index (χ1v) is 0. The van der Waals surface area contributed by atoms with Gasteiger partial charge in [-0.05, 0) is 0 Å². The van der Waals surface area contributed by atoms with Gasteiger partial charge in [-0.3, -0.25) is 0 Å². The molecule has 0 saturated heterocycles. The Kier molecular flexibility index (Phi) is 127. The third-order valence-electron chi connectivity index (χ3n) is 0. The van der Waals surface area contributed by atoms with Crippen molar-refractivity contribution in [3.8, 4) is 0 Å². The fourth-order valence-corrected chi connectivity index (χ4v) is 0. The van der Waals surface area contributed by atoms with Crippen LogP contribution in [0.4, 0.5) is 0 Å². The van der Waals surface area contributed by atoms with E-state index in [9.17, 15) is 0 Å². The first-order chi connectivity index (χ1) is 0. The topological polar surface area (TPSA) is 0 Å². The molecule has 0 aliphatic carbocycles. The summed E-state index contributed by atoms with van der Waals surface area (Å²) < 4.78 is 0. The predicted molar refractivity (Wildman–Crippen MR) is 17.1 cm³/mol. The van der Waals surface area contributed by atoms with E-state index in [0.29, 0.717) is 0 Å². The summed E-state index contributed by atoms with van der Waals surface area (Å²) in [5.74, 6) is 0. The Morgan fingerprint density at radius 2 is 1.00 bits per heavy atom. The quantitative estimate of drug-likeness (QED) is 0.380. The summed E-state index contributed by atoms with van der Waals surface area (Å²) in [5.41, 5.74) is 0. The Labute approximate surface area is 83.4 Å². The Morgan fingerprint density at radius 3 is 1.00 bits per heavy atom. The van der Waals surface area contributed by atoms with Crippen LogP contribution >= 0.6 is 0 Å². The van der Waals surface area contributed by atoms with Gasteiger partial charge in [0.2, 0.25) is 0 Å². The van der Waals surface area contributed by atoms with Crippen molar-refractivity contribution in [2.75, 3.05) is 0 Å². The van der Waals surface area contributed by atoms with Crippen LogP contribution in [0.25, 0.3) is 0 Å². The van der Waals surface area contributed by atoms with E-state index in [4.69, 9.17) is 0 Å². The molecule has 0 nitrogen and oxygen atoms in total. The average molecular weight is 452 g/mol. The van der Waals surface area contributed by atoms with Crippen molar-refractivity contribution in [3.05, 3.63) is 0 Å². The fraction of sp³-hybridized carbons (Fsp3) is 0. The summed E-state index contributed by atoms with van der Waals surface area (Å²) in [5, 5.41) is 0. The van der Waals surface area contributed by atoms with E-state index in [2.05, 4.69) is 0 Å². The van der Waals surface area contributed by atoms with Gasteiger partial charge in [0.05, 0.1) is 0 Å². The molecule has 0 spiro atoms. The Bertz CT molecular complexity index is 8.00. The number of rotatable bonds is 0. The Balaban J connectivity index is 0. The van der Waals surface area contributed by atoms with Gasteiger partial charge in [-0.1, -0.05) is 0 Å². The number of hydrogen-bond donors (Lipinski definition) is 0. The third kappa shape index (κ3) is 8.83. The summed E-state index contributed by atoms with van der Waals surface area (Å²) in [6.07, 6.45) is 0. The van der Waals surface area contributed by atoms with Crippen molar-refractivity contribution in [2.24, 2.45) is 0 Å². The first kappa shape index (κ1) is 29.6. The van der Waals surface area contributed by atoms with E-state index in [0.717, 1.165) is 0 Å². The van der Waals surface area contributed by atoms with Crippen LogP contribution in [0.15, 0.2) is 0 Å². The van der Waals surface area contributed by atoms with Gasteiger partial charge in [0.25, 0.3) is 0 Å². The molecule has 0 atom stereocenters. The monoisotopic (exact) mass is 453 g/mol. The van der Waals surface area contributed by atoms with Gasteiger partial charge in [-0.15, -0.1) is 0 Å². The molecular weight excluding hydrogens is 448 g/mol. The molecule has 33 valence electrons. The van der Waals surface area contributed by atoms with E-state index in [1.165, 1.54) is 0 Å². The molecule has 0 saturated carbocycles. The van der Waals surface area contributed by atoms with E-state index in [1.807, 2.05) is 0 Å². The van der Waals surface area contributed by atoms with Crippen LogP contribution in [-0.2, 0) is 33.6 Å². The maximum atomic E-state index is 0. The van der Waals surface area contributed by atoms with Crippen molar-refractivity contribution < 1.29 is 33.6 Å². The molecule has 4 heavy (non-hydrogen) atoms. The molecule has 0 fully saturated rings. The van der Waals surface area contributed by atoms with Crippen molar-refractivity contribution in [3.63, 3.8) is 0 Å². The minimum absolute atomic E-state index is 0. The summed E-state index contributed by atoms with van der Waals surface area (Å²) in [7, 11) is 0. The number of hydrogen-bond acceptors (Lipinski definition) is 0. The second kappa shape index (κ2) is 17.2. The molecule has 0 bridgehead atoms. The molecule has 0 aromatic carbocycles. The van der Waals surface area contributed by atoms with Crippen LogP contribution in [-0.4, -0.2) is 51.2 Å². The van der Waals surface area contributed by atoms with Gasteiger partial charge in [0, 0.05) is 33.6 Å². The SMILES string of the molecule is [Cu].[Ni].[PbH2].[SnH2]. The van der Waals surface area contributed by atoms with Crippen LogP contribution in [0.3, 0.4) is 0 Å². The van der Waals surface area contributed by atoms with Crippen molar-refractivity contribution in [1.29, 1.82) is 0 Å². The molecule has 0 amide bonds. The first-order valence-electron chi connectivity index (χ1n) is 0. The molecule has 0 N–H and O–H groups in total. The van der Waals surface area contributed by atoms with E-state index >= 15 is 0 Å². The van der Waals surface area contributed by atoms with Crippen LogP contribution < -0.4 is 0 Å². The molecule has 5 radical (unpaired) electrons. The minimum atomic E-state index is 0. The molecule has 0 aliphatic heterocycles. The molecule has 4 heteroatoms. The Morgan fingerprint density at radius 1 is 1.00 bits per heavy atom. The van der Waals surface area contributed by atoms with Gasteiger partial charge in [0.15, 0.2) is 0 Å². The zero-order chi connectivity index (χ0) is 0. The zero-order valence-electron chi connectivity index (χ0n) is 2.03. The van der Waals surface area contributed by atoms with Crippen molar-refractivity contribution in [2.45, 2.75) is 0 Å². The average Bonchev–Trinajstić information content (AvgIpc) is 0. The molecule has 0 aliphatic rings. The van der Waals surface area contributed by atoms with Gasteiger partial charge in [-0.2, -0.15) is 0 Å². The maximum absolute atomic E-state index is 0.